The molecule has 0 amide bonds. The Balaban J connectivity index is 1.04. The van der Waals surface area contributed by atoms with Crippen molar-refractivity contribution in [2.75, 3.05) is 14.7 Å². The van der Waals surface area contributed by atoms with Gasteiger partial charge in [0.05, 0.1) is 0 Å². The van der Waals surface area contributed by atoms with Crippen molar-refractivity contribution in [1.29, 1.82) is 0 Å². The molecule has 0 bridgehead atoms. The number of hydrogen-bond acceptors (Lipinski definition) is 3. The van der Waals surface area contributed by atoms with Crippen LogP contribution < -0.4 is 65.3 Å². The van der Waals surface area contributed by atoms with Crippen LogP contribution >= 0.6 is 0 Å². The molecule has 0 spiro atoms. The zero-order chi connectivity index (χ0) is 48.4. The van der Waals surface area contributed by atoms with Gasteiger partial charge in [0.25, 0.3) is 0 Å². The van der Waals surface area contributed by atoms with Crippen LogP contribution in [0.2, 0.25) is 0 Å². The van der Waals surface area contributed by atoms with E-state index < -0.39 is 0 Å². The van der Waals surface area contributed by atoms with Crippen molar-refractivity contribution >= 4 is 167 Å². The number of fused-ring (bicyclic) bond motifs is 12. The maximum absolute atomic E-state index is 2.68. The predicted octanol–water partition coefficient (Wildman–Crippen LogP) is 8.79. The van der Waals surface area contributed by atoms with Crippen LogP contribution in [0.3, 0.4) is 0 Å². The topological polar surface area (TPSA) is 14.7 Å². The molecular formula is C66H42B2N4Se2. The monoisotopic (exact) mass is 1070 g/mol. The molecule has 12 aromatic rings. The quantitative estimate of drug-likeness (QED) is 0.149. The van der Waals surface area contributed by atoms with E-state index in [-0.39, 0.29) is 43.3 Å². The second kappa shape index (κ2) is 16.7. The maximum atomic E-state index is 2.68. The Morgan fingerprint density at radius 2 is 0.770 bits per heavy atom. The Bertz CT molecular complexity index is 4150. The predicted molar refractivity (Wildman–Crippen MR) is 317 cm³/mol. The van der Waals surface area contributed by atoms with E-state index in [1.54, 1.807) is 0 Å². The molecule has 5 heterocycles. The van der Waals surface area contributed by atoms with Crippen molar-refractivity contribution in [2.24, 2.45) is 0 Å². The molecule has 0 unspecified atom stereocenters. The second-order valence-corrected chi connectivity index (χ2v) is 24.1. The van der Waals surface area contributed by atoms with Crippen LogP contribution in [-0.2, 0) is 0 Å². The number of rotatable bonds is 7. The van der Waals surface area contributed by atoms with E-state index in [4.69, 9.17) is 0 Å². The van der Waals surface area contributed by atoms with Crippen molar-refractivity contribution < 1.29 is 0 Å². The molecule has 4 nitrogen and oxygen atoms in total. The molecule has 0 fully saturated rings. The molecule has 11 aromatic carbocycles. The van der Waals surface area contributed by atoms with Gasteiger partial charge in [0.1, 0.15) is 0 Å². The van der Waals surface area contributed by atoms with E-state index in [1.807, 2.05) is 0 Å². The van der Waals surface area contributed by atoms with Crippen LogP contribution in [0.15, 0.2) is 255 Å². The molecule has 0 N–H and O–H groups in total. The van der Waals surface area contributed by atoms with E-state index in [0.717, 1.165) is 34.1 Å². The average molecular weight is 1070 g/mol. The fourth-order valence-corrected chi connectivity index (χ4v) is 17.7. The van der Waals surface area contributed by atoms with Crippen molar-refractivity contribution in [2.45, 2.75) is 0 Å². The van der Waals surface area contributed by atoms with Crippen LogP contribution in [0, 0.1) is 0 Å². The van der Waals surface area contributed by atoms with Gasteiger partial charge in [-0.3, -0.25) is 0 Å². The average Bonchev–Trinajstić information content (AvgIpc) is 3.84. The minimum absolute atomic E-state index is 0.0251. The number of nitrogens with zero attached hydrogens (tertiary/aromatic N) is 4. The number of para-hydroxylation sites is 6. The first-order valence-corrected chi connectivity index (χ1v) is 28.8. The van der Waals surface area contributed by atoms with Gasteiger partial charge in [0.2, 0.25) is 0 Å². The molecule has 0 aliphatic carbocycles. The summed E-state index contributed by atoms with van der Waals surface area (Å²) in [6.07, 6.45) is 0. The molecule has 74 heavy (non-hydrogen) atoms. The van der Waals surface area contributed by atoms with Crippen LogP contribution in [0.25, 0.3) is 27.5 Å². The summed E-state index contributed by atoms with van der Waals surface area (Å²) in [6.45, 7) is 0.0752. The van der Waals surface area contributed by atoms with Crippen molar-refractivity contribution in [1.82, 2.24) is 4.57 Å². The summed E-state index contributed by atoms with van der Waals surface area (Å²) in [5, 5.41) is 2.57. The van der Waals surface area contributed by atoms with Gasteiger partial charge < -0.3 is 0 Å². The van der Waals surface area contributed by atoms with E-state index in [1.165, 1.54) is 95.2 Å². The van der Waals surface area contributed by atoms with Crippen LogP contribution in [0.5, 0.6) is 0 Å². The molecule has 0 radical (unpaired) electrons. The normalized spacial score (nSPS) is 13.2. The van der Waals surface area contributed by atoms with Gasteiger partial charge in [-0.2, -0.15) is 0 Å². The van der Waals surface area contributed by atoms with E-state index in [9.17, 15) is 0 Å². The summed E-state index contributed by atoms with van der Waals surface area (Å²) in [7, 11) is 0. The molecule has 4 aliphatic heterocycles. The summed E-state index contributed by atoms with van der Waals surface area (Å²) in [5.74, 6) is 0. The van der Waals surface area contributed by atoms with Gasteiger partial charge in [-0.15, -0.1) is 0 Å². The summed E-state index contributed by atoms with van der Waals surface area (Å²) in [6, 6.07) is 95.5. The Kier molecular flexibility index (Phi) is 9.53. The number of hydrogen-bond donors (Lipinski definition) is 0. The van der Waals surface area contributed by atoms with E-state index in [2.05, 4.69) is 274 Å². The Labute approximate surface area is 443 Å². The number of anilines is 9. The van der Waals surface area contributed by atoms with Gasteiger partial charge in [-0.05, 0) is 0 Å². The first-order chi connectivity index (χ1) is 36.7. The molecule has 0 saturated carbocycles. The standard InChI is InChI=1S/C66H42B2N4Se2/c1-6-22-43(23-7-1)69(44-24-8-2-9-25-44)48-38-56-63-60(40-48)73-58-36-20-17-33-51(58)67(63)53-42-54-66-62(65(53)71(56)47-30-14-5-15-31-47)50-32-16-19-35-55(50)72(66)57-39-49(41-61-64(57)68(54)52-34-18-21-37-59(52)74-61)70(45-26-10-3-11-27-45)46-28-12-4-13-29-46/h1-42H. The van der Waals surface area contributed by atoms with Crippen LogP contribution in [0.4, 0.5) is 51.2 Å². The number of aromatic nitrogens is 1. The SMILES string of the molecule is c1ccc(N(c2ccccc2)c2cc3c4c(c2)N(c2ccccc2)c2c(cc5c6c2c2ccccc2n6-c2cc(N(c6ccccc6)c6ccccc6)cc6c2B5c2ccccc2[Se]6)B4c2ccccc2[Se]3)cc1. The number of benzene rings is 11. The van der Waals surface area contributed by atoms with Gasteiger partial charge in [-0.1, -0.05) is 0 Å². The zero-order valence-electron chi connectivity index (χ0n) is 40.0. The van der Waals surface area contributed by atoms with Crippen molar-refractivity contribution in [3.05, 3.63) is 255 Å². The Morgan fingerprint density at radius 3 is 1.31 bits per heavy atom. The van der Waals surface area contributed by atoms with Crippen LogP contribution in [-0.4, -0.2) is 47.9 Å². The van der Waals surface area contributed by atoms with Crippen molar-refractivity contribution in [3.8, 4) is 5.69 Å². The van der Waals surface area contributed by atoms with Gasteiger partial charge in [0, 0.05) is 0 Å². The summed E-state index contributed by atoms with van der Waals surface area (Å²) in [4.78, 5) is 7.56. The minimum atomic E-state index is 0.0251. The molecule has 0 saturated heterocycles. The second-order valence-electron chi connectivity index (χ2n) is 19.6. The summed E-state index contributed by atoms with van der Waals surface area (Å²) in [5.41, 5.74) is 22.9. The fraction of sp³-hybridized carbons (Fsp3) is 0. The fourth-order valence-electron chi connectivity index (χ4n) is 12.7. The van der Waals surface area contributed by atoms with Gasteiger partial charge in [-0.25, -0.2) is 0 Å². The van der Waals surface area contributed by atoms with E-state index >= 15 is 0 Å². The molecule has 16 rings (SSSR count). The first kappa shape index (κ1) is 42.3. The summed E-state index contributed by atoms with van der Waals surface area (Å²) >= 11 is 0.136. The van der Waals surface area contributed by atoms with E-state index in [0.29, 0.717) is 0 Å². The molecule has 0 atom stereocenters. The summed E-state index contributed by atoms with van der Waals surface area (Å²) < 4.78 is 8.45. The van der Waals surface area contributed by atoms with Crippen LogP contribution in [0.1, 0.15) is 0 Å². The third-order valence-corrected chi connectivity index (χ3v) is 20.4. The molecular weight excluding hydrogens is 1030 g/mol. The molecule has 8 heteroatoms. The van der Waals surface area contributed by atoms with Gasteiger partial charge >= 0.3 is 447 Å². The Morgan fingerprint density at radius 1 is 0.338 bits per heavy atom. The molecule has 1 aromatic heterocycles. The first-order valence-electron chi connectivity index (χ1n) is 25.4. The molecule has 344 valence electrons. The third kappa shape index (κ3) is 6.24. The third-order valence-electron chi connectivity index (χ3n) is 15.6. The van der Waals surface area contributed by atoms with Crippen molar-refractivity contribution in [3.63, 3.8) is 0 Å². The van der Waals surface area contributed by atoms with Gasteiger partial charge in [0.15, 0.2) is 0 Å². The molecule has 4 aliphatic rings. The Hall–Kier alpha value is -8.21. The zero-order valence-corrected chi connectivity index (χ0v) is 43.4.